The van der Waals surface area contributed by atoms with E-state index >= 15 is 0 Å². The predicted molar refractivity (Wildman–Crippen MR) is 132 cm³/mol. The summed E-state index contributed by atoms with van der Waals surface area (Å²) in [5.74, 6) is -0.578. The first-order chi connectivity index (χ1) is 17.0. The van der Waals surface area contributed by atoms with E-state index < -0.39 is 11.1 Å². The van der Waals surface area contributed by atoms with Crippen molar-refractivity contribution >= 4 is 22.9 Å². The number of pyridine rings is 1. The van der Waals surface area contributed by atoms with Crippen molar-refractivity contribution < 1.29 is 23.5 Å². The molecule has 2 amide bonds. The number of aromatic nitrogens is 1. The summed E-state index contributed by atoms with van der Waals surface area (Å²) in [6, 6.07) is 9.93. The zero-order valence-corrected chi connectivity index (χ0v) is 20.8. The van der Waals surface area contributed by atoms with Crippen molar-refractivity contribution in [1.82, 2.24) is 14.8 Å². The lowest BCUT2D eigenvalue weighted by atomic mass is 9.96. The van der Waals surface area contributed by atoms with Crippen LogP contribution < -0.4 is 0 Å². The SMILES string of the molecule is CC1(c2cc(-c3ccc(F)cc3)nc3cc(C(=O)N4CCN(C(=O)C5(O)CC5)CC4(C)C)oc23)CC1. The topological polar surface area (TPSA) is 86.9 Å². The molecule has 3 aliphatic rings. The van der Waals surface area contributed by atoms with Crippen LogP contribution in [0, 0.1) is 5.82 Å². The third-order valence-electron chi connectivity index (χ3n) is 8.04. The second-order valence-corrected chi connectivity index (χ2v) is 11.5. The van der Waals surface area contributed by atoms with Crippen LogP contribution in [0.2, 0.25) is 0 Å². The molecule has 2 aliphatic carbocycles. The molecular weight excluding hydrogens is 461 g/mol. The van der Waals surface area contributed by atoms with Crippen LogP contribution >= 0.6 is 0 Å². The first-order valence-electron chi connectivity index (χ1n) is 12.5. The van der Waals surface area contributed by atoms with Gasteiger partial charge in [0.1, 0.15) is 16.9 Å². The first-order valence-corrected chi connectivity index (χ1v) is 12.5. The molecule has 0 unspecified atom stereocenters. The van der Waals surface area contributed by atoms with Crippen LogP contribution in [0.3, 0.4) is 0 Å². The van der Waals surface area contributed by atoms with Crippen LogP contribution in [-0.4, -0.2) is 62.5 Å². The molecule has 36 heavy (non-hydrogen) atoms. The quantitative estimate of drug-likeness (QED) is 0.589. The average molecular weight is 492 g/mol. The van der Waals surface area contributed by atoms with E-state index in [2.05, 4.69) is 6.92 Å². The number of aliphatic hydroxyl groups is 1. The van der Waals surface area contributed by atoms with Gasteiger partial charge in [-0.1, -0.05) is 6.92 Å². The highest BCUT2D eigenvalue weighted by Crippen LogP contribution is 2.50. The number of benzene rings is 1. The predicted octanol–water partition coefficient (Wildman–Crippen LogP) is 4.27. The monoisotopic (exact) mass is 491 g/mol. The summed E-state index contributed by atoms with van der Waals surface area (Å²) in [6.07, 6.45) is 3.04. The van der Waals surface area contributed by atoms with E-state index in [1.165, 1.54) is 12.1 Å². The van der Waals surface area contributed by atoms with Gasteiger partial charge in [-0.15, -0.1) is 0 Å². The third kappa shape index (κ3) is 3.79. The Balaban J connectivity index is 1.33. The number of amides is 2. The van der Waals surface area contributed by atoms with Crippen LogP contribution in [0.5, 0.6) is 0 Å². The van der Waals surface area contributed by atoms with Crippen LogP contribution in [0.1, 0.15) is 62.6 Å². The van der Waals surface area contributed by atoms with Gasteiger partial charge in [-0.3, -0.25) is 9.59 Å². The molecule has 0 spiro atoms. The van der Waals surface area contributed by atoms with Gasteiger partial charge in [-0.25, -0.2) is 9.37 Å². The van der Waals surface area contributed by atoms with E-state index in [-0.39, 0.29) is 28.8 Å². The molecule has 188 valence electrons. The highest BCUT2D eigenvalue weighted by Gasteiger charge is 2.52. The number of nitrogens with zero attached hydrogens (tertiary/aromatic N) is 3. The maximum absolute atomic E-state index is 13.6. The molecule has 7 nitrogen and oxygen atoms in total. The number of rotatable bonds is 4. The second-order valence-electron chi connectivity index (χ2n) is 11.5. The fourth-order valence-corrected chi connectivity index (χ4v) is 5.27. The molecule has 0 atom stereocenters. The lowest BCUT2D eigenvalue weighted by molar-refractivity contribution is -0.146. The molecule has 3 aromatic rings. The number of carbonyl (C=O) groups excluding carboxylic acids is 2. The lowest BCUT2D eigenvalue weighted by Crippen LogP contribution is -2.63. The van der Waals surface area contributed by atoms with E-state index in [0.29, 0.717) is 43.6 Å². The minimum Gasteiger partial charge on any atom is -0.449 e. The van der Waals surface area contributed by atoms with Crippen molar-refractivity contribution in [1.29, 1.82) is 0 Å². The Morgan fingerprint density at radius 2 is 1.72 bits per heavy atom. The van der Waals surface area contributed by atoms with Gasteiger partial charge in [-0.05, 0) is 75.3 Å². The van der Waals surface area contributed by atoms with Crippen molar-refractivity contribution in [2.24, 2.45) is 0 Å². The maximum Gasteiger partial charge on any atom is 0.290 e. The minimum absolute atomic E-state index is 0.0392. The summed E-state index contributed by atoms with van der Waals surface area (Å²) >= 11 is 0. The second kappa shape index (κ2) is 7.62. The van der Waals surface area contributed by atoms with Crippen LogP contribution in [0.4, 0.5) is 4.39 Å². The standard InChI is InChI=1S/C28H30FN3O4/c1-26(2)16-31(25(34)28(35)10-11-28)12-13-32(26)24(33)22-15-21-23(36-22)19(27(3)8-9-27)14-20(30-21)17-4-6-18(29)7-5-17/h4-7,14-15,35H,8-13,16H2,1-3H3. The fourth-order valence-electron chi connectivity index (χ4n) is 5.27. The summed E-state index contributed by atoms with van der Waals surface area (Å²) in [6.45, 7) is 7.08. The van der Waals surface area contributed by atoms with Gasteiger partial charge in [0.15, 0.2) is 11.3 Å². The number of furan rings is 1. The smallest absolute Gasteiger partial charge is 0.290 e. The van der Waals surface area contributed by atoms with Gasteiger partial charge in [0, 0.05) is 36.8 Å². The molecular formula is C28H30FN3O4. The molecule has 2 aromatic heterocycles. The number of hydrogen-bond acceptors (Lipinski definition) is 5. The summed E-state index contributed by atoms with van der Waals surface area (Å²) in [5.41, 5.74) is 1.86. The normalized spacial score (nSPS) is 21.5. The van der Waals surface area contributed by atoms with Gasteiger partial charge in [0.2, 0.25) is 0 Å². The van der Waals surface area contributed by atoms with Crippen molar-refractivity contribution in [2.75, 3.05) is 19.6 Å². The van der Waals surface area contributed by atoms with Crippen molar-refractivity contribution in [3.63, 3.8) is 0 Å². The number of carbonyl (C=O) groups is 2. The molecule has 1 aromatic carbocycles. The van der Waals surface area contributed by atoms with Gasteiger partial charge in [0.05, 0.1) is 11.2 Å². The van der Waals surface area contributed by atoms with Gasteiger partial charge < -0.3 is 19.3 Å². The summed E-state index contributed by atoms with van der Waals surface area (Å²) in [5, 5.41) is 10.3. The van der Waals surface area contributed by atoms with Gasteiger partial charge >= 0.3 is 0 Å². The summed E-state index contributed by atoms with van der Waals surface area (Å²) < 4.78 is 19.7. The zero-order chi connectivity index (χ0) is 25.5. The van der Waals surface area contributed by atoms with E-state index in [9.17, 15) is 19.1 Å². The highest BCUT2D eigenvalue weighted by molar-refractivity contribution is 5.97. The van der Waals surface area contributed by atoms with E-state index in [0.717, 1.165) is 29.7 Å². The Morgan fingerprint density at radius 1 is 1.03 bits per heavy atom. The average Bonchev–Trinajstić information content (AvgIpc) is 3.73. The molecule has 6 rings (SSSR count). The number of halogens is 1. The highest BCUT2D eigenvalue weighted by atomic mass is 19.1. The largest absolute Gasteiger partial charge is 0.449 e. The van der Waals surface area contributed by atoms with Crippen molar-refractivity contribution in [3.8, 4) is 11.3 Å². The summed E-state index contributed by atoms with van der Waals surface area (Å²) in [7, 11) is 0. The minimum atomic E-state index is -1.22. The molecule has 2 saturated carbocycles. The third-order valence-corrected chi connectivity index (χ3v) is 8.04. The Hall–Kier alpha value is -3.26. The molecule has 0 radical (unpaired) electrons. The van der Waals surface area contributed by atoms with Gasteiger partial charge in [0.25, 0.3) is 11.8 Å². The summed E-state index contributed by atoms with van der Waals surface area (Å²) in [4.78, 5) is 34.5. The van der Waals surface area contributed by atoms with E-state index in [4.69, 9.17) is 9.40 Å². The number of piperazine rings is 1. The molecule has 3 fully saturated rings. The molecule has 0 bridgehead atoms. The number of hydrogen-bond donors (Lipinski definition) is 1. The Bertz CT molecular complexity index is 1390. The van der Waals surface area contributed by atoms with Crippen molar-refractivity contribution in [2.45, 2.75) is 63.0 Å². The van der Waals surface area contributed by atoms with E-state index in [1.807, 2.05) is 19.9 Å². The molecule has 1 aliphatic heterocycles. The van der Waals surface area contributed by atoms with Crippen LogP contribution in [0.15, 0.2) is 40.8 Å². The van der Waals surface area contributed by atoms with Gasteiger partial charge in [-0.2, -0.15) is 0 Å². The van der Waals surface area contributed by atoms with E-state index in [1.54, 1.807) is 28.0 Å². The molecule has 8 heteroatoms. The zero-order valence-electron chi connectivity index (χ0n) is 20.8. The Morgan fingerprint density at radius 3 is 2.33 bits per heavy atom. The maximum atomic E-state index is 13.6. The fraction of sp³-hybridized carbons (Fsp3) is 0.464. The lowest BCUT2D eigenvalue weighted by Gasteiger charge is -2.47. The van der Waals surface area contributed by atoms with Crippen molar-refractivity contribution in [3.05, 3.63) is 53.5 Å². The Kier molecular flexibility index (Phi) is 4.90. The number of fused-ring (bicyclic) bond motifs is 1. The molecule has 1 N–H and O–H groups in total. The molecule has 3 heterocycles. The first kappa shape index (κ1) is 23.2. The van der Waals surface area contributed by atoms with Crippen LogP contribution in [0.25, 0.3) is 22.4 Å². The molecule has 1 saturated heterocycles. The van der Waals surface area contributed by atoms with Crippen LogP contribution in [-0.2, 0) is 10.2 Å². The Labute approximate surface area is 208 Å².